The zero-order chi connectivity index (χ0) is 12.7. The molecule has 17 heavy (non-hydrogen) atoms. The smallest absolute Gasteiger partial charge is 0.243 e. The molecule has 0 aliphatic rings. The van der Waals surface area contributed by atoms with Gasteiger partial charge in [0.2, 0.25) is 5.91 Å². The van der Waals surface area contributed by atoms with Gasteiger partial charge in [-0.1, -0.05) is 6.07 Å². The molecular weight excluding hydrogens is 224 g/mol. The number of nitrogens with one attached hydrogen (secondary N) is 1. The lowest BCUT2D eigenvalue weighted by Gasteiger charge is -2.06. The Hall–Kier alpha value is -1.79. The van der Waals surface area contributed by atoms with Crippen molar-refractivity contribution in [1.29, 1.82) is 0 Å². The molecule has 0 fully saturated rings. The molecule has 0 aliphatic heterocycles. The lowest BCUT2D eigenvalue weighted by atomic mass is 10.2. The summed E-state index contributed by atoms with van der Waals surface area (Å²) in [5.74, 6) is -0.777. The number of phenols is 2. The second-order valence-electron chi connectivity index (χ2n) is 3.52. The maximum atomic E-state index is 10.3. The van der Waals surface area contributed by atoms with Crippen LogP contribution in [0.25, 0.3) is 0 Å². The quantitative estimate of drug-likeness (QED) is 0.386. The van der Waals surface area contributed by atoms with E-state index < -0.39 is 5.91 Å². The largest absolute Gasteiger partial charge is 0.504 e. The fourth-order valence-electron chi connectivity index (χ4n) is 1.23. The van der Waals surface area contributed by atoms with Crippen LogP contribution in [0, 0.1) is 0 Å². The van der Waals surface area contributed by atoms with Crippen molar-refractivity contribution in [3.8, 4) is 11.5 Å². The van der Waals surface area contributed by atoms with E-state index in [1.54, 1.807) is 6.07 Å². The van der Waals surface area contributed by atoms with Gasteiger partial charge in [0.05, 0.1) is 6.61 Å². The number of aromatic hydroxyl groups is 2. The normalized spacial score (nSPS) is 10.4. The number of hydrogen-bond donors (Lipinski definition) is 4. The van der Waals surface area contributed by atoms with Crippen LogP contribution in [0.2, 0.25) is 0 Å². The summed E-state index contributed by atoms with van der Waals surface area (Å²) in [6.45, 7) is 1.40. The summed E-state index contributed by atoms with van der Waals surface area (Å²) in [7, 11) is 0. The molecule has 6 nitrogen and oxygen atoms in total. The molecule has 0 heterocycles. The van der Waals surface area contributed by atoms with Gasteiger partial charge >= 0.3 is 0 Å². The van der Waals surface area contributed by atoms with Crippen LogP contribution in [-0.2, 0) is 16.1 Å². The van der Waals surface area contributed by atoms with Gasteiger partial charge in [0.15, 0.2) is 11.5 Å². The topological polar surface area (TPSA) is 105 Å². The molecule has 1 aromatic rings. The van der Waals surface area contributed by atoms with Gasteiger partial charge in [-0.05, 0) is 17.7 Å². The van der Waals surface area contributed by atoms with Crippen LogP contribution in [0.15, 0.2) is 18.2 Å². The number of benzene rings is 1. The number of carbonyl (C=O) groups is 1. The number of rotatable bonds is 7. The van der Waals surface area contributed by atoms with Crippen molar-refractivity contribution in [2.75, 3.05) is 19.8 Å². The summed E-state index contributed by atoms with van der Waals surface area (Å²) in [5.41, 5.74) is 5.74. The molecule has 0 atom stereocenters. The minimum absolute atomic E-state index is 0.0817. The van der Waals surface area contributed by atoms with Crippen LogP contribution >= 0.6 is 0 Å². The third kappa shape index (κ3) is 5.19. The number of nitrogens with two attached hydrogens (primary N) is 1. The van der Waals surface area contributed by atoms with Crippen LogP contribution in [0.4, 0.5) is 0 Å². The summed E-state index contributed by atoms with van der Waals surface area (Å²) in [4.78, 5) is 10.3. The molecule has 0 radical (unpaired) electrons. The van der Waals surface area contributed by atoms with Crippen LogP contribution < -0.4 is 11.1 Å². The van der Waals surface area contributed by atoms with Crippen molar-refractivity contribution in [3.63, 3.8) is 0 Å². The molecule has 6 heteroatoms. The Bertz CT molecular complexity index is 382. The number of primary amides is 1. The zero-order valence-corrected chi connectivity index (χ0v) is 9.35. The van der Waals surface area contributed by atoms with Gasteiger partial charge in [-0.15, -0.1) is 0 Å². The number of ether oxygens (including phenoxy) is 1. The lowest BCUT2D eigenvalue weighted by molar-refractivity contribution is -0.122. The van der Waals surface area contributed by atoms with Crippen molar-refractivity contribution in [2.45, 2.75) is 6.54 Å². The first kappa shape index (κ1) is 13.3. The summed E-state index contributed by atoms with van der Waals surface area (Å²) < 4.78 is 4.95. The number of phenolic OH excluding ortho intramolecular Hbond substituents is 2. The average Bonchev–Trinajstić information content (AvgIpc) is 2.27. The zero-order valence-electron chi connectivity index (χ0n) is 9.35. The standard InChI is InChI=1S/C11H16N2O4/c12-11(16)7-17-4-3-13-6-8-1-2-9(14)10(15)5-8/h1-2,5,13-15H,3-4,6-7H2,(H2,12,16). The van der Waals surface area contributed by atoms with Crippen molar-refractivity contribution < 1.29 is 19.7 Å². The summed E-state index contributed by atoms with van der Waals surface area (Å²) in [6.07, 6.45) is 0. The highest BCUT2D eigenvalue weighted by Gasteiger charge is 2.00. The monoisotopic (exact) mass is 240 g/mol. The average molecular weight is 240 g/mol. The third-order valence-electron chi connectivity index (χ3n) is 2.04. The van der Waals surface area contributed by atoms with Gasteiger partial charge in [-0.3, -0.25) is 4.79 Å². The number of amides is 1. The van der Waals surface area contributed by atoms with Crippen LogP contribution in [0.1, 0.15) is 5.56 Å². The highest BCUT2D eigenvalue weighted by Crippen LogP contribution is 2.24. The Morgan fingerprint density at radius 3 is 2.76 bits per heavy atom. The van der Waals surface area contributed by atoms with Gasteiger partial charge in [0.1, 0.15) is 6.61 Å². The highest BCUT2D eigenvalue weighted by atomic mass is 16.5. The second-order valence-corrected chi connectivity index (χ2v) is 3.52. The van der Waals surface area contributed by atoms with Crippen molar-refractivity contribution in [2.24, 2.45) is 5.73 Å². The fraction of sp³-hybridized carbons (Fsp3) is 0.364. The Balaban J connectivity index is 2.18. The van der Waals surface area contributed by atoms with E-state index in [0.717, 1.165) is 5.56 Å². The first-order chi connectivity index (χ1) is 8.09. The van der Waals surface area contributed by atoms with E-state index >= 15 is 0 Å². The van der Waals surface area contributed by atoms with Gasteiger partial charge < -0.3 is 26.0 Å². The second kappa shape index (κ2) is 6.72. The number of carbonyl (C=O) groups excluding carboxylic acids is 1. The molecule has 0 spiro atoms. The van der Waals surface area contributed by atoms with E-state index in [-0.39, 0.29) is 18.1 Å². The maximum Gasteiger partial charge on any atom is 0.243 e. The first-order valence-corrected chi connectivity index (χ1v) is 5.17. The first-order valence-electron chi connectivity index (χ1n) is 5.17. The highest BCUT2D eigenvalue weighted by molar-refractivity contribution is 5.74. The Labute approximate surface area is 99.0 Å². The third-order valence-corrected chi connectivity index (χ3v) is 2.04. The van der Waals surface area contributed by atoms with Crippen molar-refractivity contribution >= 4 is 5.91 Å². The Morgan fingerprint density at radius 2 is 2.12 bits per heavy atom. The molecule has 1 amide bonds. The molecule has 0 bridgehead atoms. The van der Waals surface area contributed by atoms with E-state index in [2.05, 4.69) is 5.32 Å². The Morgan fingerprint density at radius 1 is 1.35 bits per heavy atom. The van der Waals surface area contributed by atoms with Gasteiger partial charge in [-0.2, -0.15) is 0 Å². The van der Waals surface area contributed by atoms with Crippen LogP contribution in [0.3, 0.4) is 0 Å². The van der Waals surface area contributed by atoms with Crippen molar-refractivity contribution in [1.82, 2.24) is 5.32 Å². The molecule has 0 aromatic heterocycles. The minimum Gasteiger partial charge on any atom is -0.504 e. The summed E-state index contributed by atoms with van der Waals surface area (Å²) in [6, 6.07) is 4.61. The molecule has 0 saturated heterocycles. The van der Waals surface area contributed by atoms with Crippen LogP contribution in [0.5, 0.6) is 11.5 Å². The van der Waals surface area contributed by atoms with Crippen molar-refractivity contribution in [3.05, 3.63) is 23.8 Å². The number of hydrogen-bond acceptors (Lipinski definition) is 5. The van der Waals surface area contributed by atoms with E-state index in [9.17, 15) is 9.90 Å². The molecule has 1 aromatic carbocycles. The van der Waals surface area contributed by atoms with Crippen LogP contribution in [-0.4, -0.2) is 35.9 Å². The van der Waals surface area contributed by atoms with Gasteiger partial charge in [0.25, 0.3) is 0 Å². The molecule has 94 valence electrons. The molecular formula is C11H16N2O4. The SMILES string of the molecule is NC(=O)COCCNCc1ccc(O)c(O)c1. The predicted octanol–water partition coefficient (Wildman–Crippen LogP) is -0.311. The molecule has 0 unspecified atom stereocenters. The minimum atomic E-state index is -0.492. The molecule has 5 N–H and O–H groups in total. The van der Waals surface area contributed by atoms with Gasteiger partial charge in [0, 0.05) is 13.1 Å². The predicted molar refractivity (Wildman–Crippen MR) is 61.5 cm³/mol. The van der Waals surface area contributed by atoms with Gasteiger partial charge in [-0.25, -0.2) is 0 Å². The van der Waals surface area contributed by atoms with E-state index in [1.807, 2.05) is 0 Å². The maximum absolute atomic E-state index is 10.3. The van der Waals surface area contributed by atoms with E-state index in [0.29, 0.717) is 19.7 Å². The summed E-state index contributed by atoms with van der Waals surface area (Å²) in [5, 5.41) is 21.4. The molecule has 0 aliphatic carbocycles. The fourth-order valence-corrected chi connectivity index (χ4v) is 1.23. The Kier molecular flexibility index (Phi) is 5.25. The van der Waals surface area contributed by atoms with E-state index in [1.165, 1.54) is 12.1 Å². The summed E-state index contributed by atoms with van der Waals surface area (Å²) >= 11 is 0. The lowest BCUT2D eigenvalue weighted by Crippen LogP contribution is -2.23. The molecule has 1 rings (SSSR count). The van der Waals surface area contributed by atoms with E-state index in [4.69, 9.17) is 15.6 Å². The molecule has 0 saturated carbocycles.